The Morgan fingerprint density at radius 2 is 1.94 bits per heavy atom. The van der Waals surface area contributed by atoms with Crippen molar-refractivity contribution in [3.05, 3.63) is 95.2 Å². The van der Waals surface area contributed by atoms with Gasteiger partial charge in [0.2, 0.25) is 0 Å². The van der Waals surface area contributed by atoms with E-state index in [2.05, 4.69) is 10.1 Å². The Morgan fingerprint density at radius 3 is 2.68 bits per heavy atom. The maximum atomic E-state index is 13.9. The highest BCUT2D eigenvalue weighted by molar-refractivity contribution is 5.78. The predicted molar refractivity (Wildman–Crippen MR) is 125 cm³/mol. The van der Waals surface area contributed by atoms with Crippen molar-refractivity contribution in [2.45, 2.75) is 20.3 Å². The fraction of sp³-hybridized carbons (Fsp3) is 0.154. The van der Waals surface area contributed by atoms with Crippen molar-refractivity contribution < 1.29 is 9.13 Å². The van der Waals surface area contributed by atoms with E-state index in [1.54, 1.807) is 30.1 Å². The molecule has 5 aromatic rings. The Kier molecular flexibility index (Phi) is 5.30. The number of aryl methyl sites for hydroxylation is 2. The van der Waals surface area contributed by atoms with Gasteiger partial charge in [-0.1, -0.05) is 12.1 Å². The first kappa shape index (κ1) is 21.3. The molecule has 0 aliphatic heterocycles. The van der Waals surface area contributed by atoms with Crippen LogP contribution >= 0.6 is 0 Å². The highest BCUT2D eigenvalue weighted by Gasteiger charge is 2.14. The lowest BCUT2D eigenvalue weighted by Crippen LogP contribution is -1.98. The first-order chi connectivity index (χ1) is 16.4. The third kappa shape index (κ3) is 3.88. The zero-order valence-electron chi connectivity index (χ0n) is 19.0. The molecular weight excluding hydrogens is 431 g/mol. The lowest BCUT2D eigenvalue weighted by Gasteiger charge is -2.10. The number of nitrogens with zero attached hydrogens (tertiary/aromatic N) is 6. The molecule has 8 heteroatoms. The monoisotopic (exact) mass is 452 g/mol. The van der Waals surface area contributed by atoms with E-state index in [-0.39, 0.29) is 5.56 Å². The topological polar surface area (TPSA) is 81.0 Å². The van der Waals surface area contributed by atoms with Crippen LogP contribution in [0.1, 0.15) is 28.2 Å². The largest absolute Gasteiger partial charge is 0.495 e. The number of aromatic nitrogens is 5. The van der Waals surface area contributed by atoms with Gasteiger partial charge >= 0.3 is 0 Å². The fourth-order valence-corrected chi connectivity index (χ4v) is 4.01. The molecule has 34 heavy (non-hydrogen) atoms. The number of ether oxygens (including phenoxy) is 1. The van der Waals surface area contributed by atoms with Crippen molar-refractivity contribution in [3.8, 4) is 28.6 Å². The summed E-state index contributed by atoms with van der Waals surface area (Å²) in [6, 6.07) is 14.3. The second-order valence-corrected chi connectivity index (χ2v) is 8.14. The van der Waals surface area contributed by atoms with Gasteiger partial charge in [-0.15, -0.1) is 0 Å². The van der Waals surface area contributed by atoms with Gasteiger partial charge < -0.3 is 9.30 Å². The van der Waals surface area contributed by atoms with Gasteiger partial charge in [0.25, 0.3) is 0 Å². The van der Waals surface area contributed by atoms with Crippen LogP contribution in [0.15, 0.2) is 61.2 Å². The standard InChI is InChI=1S/C26H21FN6O/c1-16-8-21(19-5-6-22(27)20(11-19)12-28)26-30-25(31-33(26)13-16)10-18-4-7-23(24(9-18)34-3)32-14-17(2)29-15-32/h4-9,11,13-15H,10H2,1-3H3. The van der Waals surface area contributed by atoms with Gasteiger partial charge in [-0.25, -0.2) is 18.9 Å². The Labute approximate surface area is 195 Å². The van der Waals surface area contributed by atoms with Crippen LogP contribution in [0.25, 0.3) is 22.5 Å². The van der Waals surface area contributed by atoms with E-state index in [1.807, 2.05) is 61.1 Å². The normalized spacial score (nSPS) is 11.0. The molecule has 0 radical (unpaired) electrons. The van der Waals surface area contributed by atoms with Crippen molar-refractivity contribution in [3.63, 3.8) is 0 Å². The molecule has 3 aromatic heterocycles. The van der Waals surface area contributed by atoms with Crippen LogP contribution in [0, 0.1) is 31.0 Å². The summed E-state index contributed by atoms with van der Waals surface area (Å²) in [4.78, 5) is 9.05. The molecule has 0 atom stereocenters. The van der Waals surface area contributed by atoms with Crippen molar-refractivity contribution in [2.24, 2.45) is 0 Å². The van der Waals surface area contributed by atoms with Crippen molar-refractivity contribution >= 4 is 5.65 Å². The van der Waals surface area contributed by atoms with Crippen LogP contribution in [-0.2, 0) is 6.42 Å². The average molecular weight is 452 g/mol. The van der Waals surface area contributed by atoms with Crippen LogP contribution in [0.4, 0.5) is 4.39 Å². The molecule has 2 aromatic carbocycles. The molecule has 0 aliphatic carbocycles. The summed E-state index contributed by atoms with van der Waals surface area (Å²) in [5.41, 5.74) is 5.95. The smallest absolute Gasteiger partial charge is 0.163 e. The number of fused-ring (bicyclic) bond motifs is 1. The van der Waals surface area contributed by atoms with Crippen LogP contribution in [-0.4, -0.2) is 31.3 Å². The molecular formula is C26H21FN6O. The lowest BCUT2D eigenvalue weighted by molar-refractivity contribution is 0.412. The lowest BCUT2D eigenvalue weighted by atomic mass is 10.0. The number of hydrogen-bond acceptors (Lipinski definition) is 5. The summed E-state index contributed by atoms with van der Waals surface area (Å²) < 4.78 is 23.1. The number of pyridine rings is 1. The van der Waals surface area contributed by atoms with E-state index in [0.717, 1.165) is 33.8 Å². The van der Waals surface area contributed by atoms with E-state index < -0.39 is 5.82 Å². The molecule has 168 valence electrons. The first-order valence-electron chi connectivity index (χ1n) is 10.7. The Balaban J connectivity index is 1.52. The fourth-order valence-electron chi connectivity index (χ4n) is 4.01. The minimum absolute atomic E-state index is 0.00262. The molecule has 0 fully saturated rings. The number of nitriles is 1. The van der Waals surface area contributed by atoms with Gasteiger partial charge in [0.1, 0.15) is 17.6 Å². The molecule has 0 saturated heterocycles. The number of halogens is 1. The second-order valence-electron chi connectivity index (χ2n) is 8.14. The quantitative estimate of drug-likeness (QED) is 0.382. The summed E-state index contributed by atoms with van der Waals surface area (Å²) in [5, 5.41) is 13.9. The van der Waals surface area contributed by atoms with E-state index in [9.17, 15) is 9.65 Å². The third-order valence-corrected chi connectivity index (χ3v) is 5.61. The molecule has 5 rings (SSSR count). The molecule has 0 amide bonds. The molecule has 0 saturated carbocycles. The summed E-state index contributed by atoms with van der Waals surface area (Å²) in [6.45, 7) is 3.90. The number of benzene rings is 2. The van der Waals surface area contributed by atoms with Gasteiger partial charge in [0.15, 0.2) is 11.5 Å². The molecule has 0 bridgehead atoms. The Hall–Kier alpha value is -4.51. The minimum Gasteiger partial charge on any atom is -0.495 e. The Bertz CT molecular complexity index is 1580. The summed E-state index contributed by atoms with van der Waals surface area (Å²) in [7, 11) is 1.64. The molecule has 0 unspecified atom stereocenters. The highest BCUT2D eigenvalue weighted by Crippen LogP contribution is 2.28. The maximum Gasteiger partial charge on any atom is 0.163 e. The molecule has 0 spiro atoms. The summed E-state index contributed by atoms with van der Waals surface area (Å²) >= 11 is 0. The van der Waals surface area contributed by atoms with Crippen molar-refractivity contribution in [1.29, 1.82) is 5.26 Å². The predicted octanol–water partition coefficient (Wildman–Crippen LogP) is 4.81. The van der Waals surface area contributed by atoms with Gasteiger partial charge in [0, 0.05) is 24.4 Å². The zero-order valence-corrected chi connectivity index (χ0v) is 19.0. The minimum atomic E-state index is -0.541. The second kappa shape index (κ2) is 8.45. The van der Waals surface area contributed by atoms with E-state index in [1.165, 1.54) is 6.07 Å². The van der Waals surface area contributed by atoms with Gasteiger partial charge in [0.05, 0.1) is 30.4 Å². The summed E-state index contributed by atoms with van der Waals surface area (Å²) in [6.07, 6.45) is 6.10. The van der Waals surface area contributed by atoms with E-state index in [0.29, 0.717) is 23.5 Å². The average Bonchev–Trinajstić information content (AvgIpc) is 3.44. The van der Waals surface area contributed by atoms with Crippen molar-refractivity contribution in [2.75, 3.05) is 7.11 Å². The number of rotatable bonds is 5. The van der Waals surface area contributed by atoms with Gasteiger partial charge in [-0.05, 0) is 60.9 Å². The van der Waals surface area contributed by atoms with Crippen molar-refractivity contribution in [1.82, 2.24) is 24.1 Å². The van der Waals surface area contributed by atoms with Crippen LogP contribution < -0.4 is 4.74 Å². The Morgan fingerprint density at radius 1 is 1.09 bits per heavy atom. The zero-order chi connectivity index (χ0) is 23.8. The van der Waals surface area contributed by atoms with Crippen LogP contribution in [0.2, 0.25) is 0 Å². The number of methoxy groups -OCH3 is 1. The number of hydrogen-bond donors (Lipinski definition) is 0. The van der Waals surface area contributed by atoms with Gasteiger partial charge in [-0.3, -0.25) is 0 Å². The first-order valence-corrected chi connectivity index (χ1v) is 10.7. The van der Waals surface area contributed by atoms with Crippen LogP contribution in [0.5, 0.6) is 5.75 Å². The number of imidazole rings is 1. The molecule has 3 heterocycles. The third-order valence-electron chi connectivity index (χ3n) is 5.61. The van der Waals surface area contributed by atoms with Crippen LogP contribution in [0.3, 0.4) is 0 Å². The maximum absolute atomic E-state index is 13.9. The van der Waals surface area contributed by atoms with E-state index in [4.69, 9.17) is 9.72 Å². The molecule has 7 nitrogen and oxygen atoms in total. The van der Waals surface area contributed by atoms with E-state index >= 15 is 0 Å². The van der Waals surface area contributed by atoms with Gasteiger partial charge in [-0.2, -0.15) is 10.4 Å². The SMILES string of the molecule is COc1cc(Cc2nc3c(-c4ccc(F)c(C#N)c4)cc(C)cn3n2)ccc1-n1cnc(C)c1. The summed E-state index contributed by atoms with van der Waals surface area (Å²) in [5.74, 6) is 0.827. The molecule has 0 N–H and O–H groups in total. The molecule has 0 aliphatic rings. The highest BCUT2D eigenvalue weighted by atomic mass is 19.1.